The van der Waals surface area contributed by atoms with Crippen molar-refractivity contribution in [2.24, 2.45) is 21.8 Å². The zero-order valence-electron chi connectivity index (χ0n) is 16.2. The van der Waals surface area contributed by atoms with Crippen molar-refractivity contribution in [2.45, 2.75) is 78.1 Å². The summed E-state index contributed by atoms with van der Waals surface area (Å²) in [6, 6.07) is 11.0. The van der Waals surface area contributed by atoms with Crippen LogP contribution in [-0.4, -0.2) is 12.4 Å². The van der Waals surface area contributed by atoms with Gasteiger partial charge in [0.05, 0.1) is 5.92 Å². The largest absolute Gasteiger partial charge is 0.244 e. The minimum absolute atomic E-state index is 0.501. The Hall–Kier alpha value is -1.57. The Labute approximate surface area is 154 Å². The van der Waals surface area contributed by atoms with Crippen molar-refractivity contribution in [2.75, 3.05) is 0 Å². The normalized spacial score (nSPS) is 15.7. The standard InChI is InChI=1S/C23H35N2/c1-3-5-7-8-12-15-21(19-20-13-10-9-11-14-20)22(16-6-4-2)23-24-17-18-25-23/h9-11,13-14,17-18,21-22H,3-8,12,15-16,19H2,1-2H3/q+1. The second kappa shape index (κ2) is 11.9. The quantitative estimate of drug-likeness (QED) is 0.284. The molecule has 0 amide bonds. The Balaban J connectivity index is 2.02. The zero-order chi connectivity index (χ0) is 17.7. The molecular weight excluding hydrogens is 304 g/mol. The van der Waals surface area contributed by atoms with Crippen LogP contribution < -0.4 is 0 Å². The van der Waals surface area contributed by atoms with Crippen molar-refractivity contribution in [3.05, 3.63) is 42.1 Å². The SMILES string of the molecule is CCCCCCCC(Cc1ccccc1)C(CCCC)[C+]1N=CC=N1. The average molecular weight is 340 g/mol. The Bertz CT molecular complexity index is 494. The lowest BCUT2D eigenvalue weighted by Gasteiger charge is -2.26. The molecule has 0 fully saturated rings. The minimum atomic E-state index is 0.501. The molecule has 2 nitrogen and oxygen atoms in total. The van der Waals surface area contributed by atoms with Crippen LogP contribution in [0.1, 0.15) is 77.2 Å². The summed E-state index contributed by atoms with van der Waals surface area (Å²) in [5.74, 6) is 1.15. The third kappa shape index (κ3) is 7.05. The van der Waals surface area contributed by atoms with E-state index in [-0.39, 0.29) is 0 Å². The highest BCUT2D eigenvalue weighted by molar-refractivity contribution is 6.18. The summed E-state index contributed by atoms with van der Waals surface area (Å²) in [6.45, 7) is 4.56. The maximum atomic E-state index is 4.58. The summed E-state index contributed by atoms with van der Waals surface area (Å²) in [6.07, 6.45) is 17.7. The molecule has 1 aromatic rings. The first-order valence-electron chi connectivity index (χ1n) is 10.3. The molecule has 0 spiro atoms. The molecule has 0 radical (unpaired) electrons. The van der Waals surface area contributed by atoms with Crippen molar-refractivity contribution in [3.8, 4) is 0 Å². The summed E-state index contributed by atoms with van der Waals surface area (Å²) in [5, 5.41) is 0. The molecule has 1 aliphatic heterocycles. The predicted octanol–water partition coefficient (Wildman–Crippen LogP) is 6.66. The van der Waals surface area contributed by atoms with Gasteiger partial charge in [0.2, 0.25) is 6.17 Å². The van der Waals surface area contributed by atoms with E-state index in [1.165, 1.54) is 63.4 Å². The molecule has 136 valence electrons. The number of unbranched alkanes of at least 4 members (excludes halogenated alkanes) is 5. The Kier molecular flexibility index (Phi) is 9.40. The molecule has 0 aromatic heterocycles. The first-order chi connectivity index (χ1) is 12.3. The van der Waals surface area contributed by atoms with Gasteiger partial charge in [-0.25, -0.2) is 0 Å². The molecular formula is C23H35N2+. The fourth-order valence-corrected chi connectivity index (χ4v) is 3.82. The molecule has 0 bridgehead atoms. The van der Waals surface area contributed by atoms with Gasteiger partial charge in [-0.05, 0) is 30.7 Å². The highest BCUT2D eigenvalue weighted by Crippen LogP contribution is 2.36. The van der Waals surface area contributed by atoms with E-state index in [0.717, 1.165) is 12.6 Å². The van der Waals surface area contributed by atoms with Crippen molar-refractivity contribution < 1.29 is 0 Å². The number of nitrogens with zero attached hydrogens (tertiary/aromatic N) is 2. The van der Waals surface area contributed by atoms with Crippen LogP contribution >= 0.6 is 0 Å². The minimum Gasteiger partial charge on any atom is -0.0965 e. The molecule has 0 saturated heterocycles. The average Bonchev–Trinajstić information content (AvgIpc) is 3.17. The molecule has 2 heteroatoms. The van der Waals surface area contributed by atoms with Crippen LogP contribution in [0.25, 0.3) is 0 Å². The number of hydrogen-bond acceptors (Lipinski definition) is 2. The van der Waals surface area contributed by atoms with Gasteiger partial charge in [-0.15, -0.1) is 0 Å². The van der Waals surface area contributed by atoms with E-state index in [2.05, 4.69) is 54.2 Å². The van der Waals surface area contributed by atoms with Crippen LogP contribution in [0, 0.1) is 18.0 Å². The highest BCUT2D eigenvalue weighted by atomic mass is 15.0. The third-order valence-corrected chi connectivity index (χ3v) is 5.27. The second-order valence-electron chi connectivity index (χ2n) is 7.32. The van der Waals surface area contributed by atoms with Crippen molar-refractivity contribution in [1.82, 2.24) is 0 Å². The van der Waals surface area contributed by atoms with Crippen LogP contribution in [-0.2, 0) is 6.42 Å². The molecule has 2 unspecified atom stereocenters. The van der Waals surface area contributed by atoms with E-state index in [0.29, 0.717) is 11.8 Å². The van der Waals surface area contributed by atoms with Crippen molar-refractivity contribution >= 4 is 12.4 Å². The lowest BCUT2D eigenvalue weighted by atomic mass is 9.78. The van der Waals surface area contributed by atoms with Gasteiger partial charge in [-0.3, -0.25) is 0 Å². The Morgan fingerprint density at radius 3 is 2.16 bits per heavy atom. The van der Waals surface area contributed by atoms with E-state index in [9.17, 15) is 0 Å². The van der Waals surface area contributed by atoms with Gasteiger partial charge in [0.25, 0.3) is 0 Å². The zero-order valence-corrected chi connectivity index (χ0v) is 16.2. The van der Waals surface area contributed by atoms with Crippen LogP contribution in [0.15, 0.2) is 40.3 Å². The van der Waals surface area contributed by atoms with Gasteiger partial charge in [0, 0.05) is 0 Å². The van der Waals surface area contributed by atoms with Gasteiger partial charge in [-0.2, -0.15) is 0 Å². The summed E-state index contributed by atoms with van der Waals surface area (Å²) in [4.78, 5) is 9.16. The lowest BCUT2D eigenvalue weighted by molar-refractivity contribution is 0.286. The summed E-state index contributed by atoms with van der Waals surface area (Å²) in [5.41, 5.74) is 1.45. The smallest absolute Gasteiger partial charge is 0.0965 e. The Morgan fingerprint density at radius 1 is 0.800 bits per heavy atom. The Morgan fingerprint density at radius 2 is 1.48 bits per heavy atom. The molecule has 25 heavy (non-hydrogen) atoms. The van der Waals surface area contributed by atoms with Crippen LogP contribution in [0.4, 0.5) is 0 Å². The highest BCUT2D eigenvalue weighted by Gasteiger charge is 2.35. The number of hydrogen-bond donors (Lipinski definition) is 0. The van der Waals surface area contributed by atoms with E-state index in [4.69, 9.17) is 0 Å². The van der Waals surface area contributed by atoms with E-state index < -0.39 is 0 Å². The monoisotopic (exact) mass is 339 g/mol. The first-order valence-corrected chi connectivity index (χ1v) is 10.3. The molecule has 1 aromatic carbocycles. The van der Waals surface area contributed by atoms with Crippen molar-refractivity contribution in [3.63, 3.8) is 0 Å². The number of benzene rings is 1. The first kappa shape index (κ1) is 19.8. The number of rotatable bonds is 13. The molecule has 1 aliphatic rings. The predicted molar refractivity (Wildman–Crippen MR) is 110 cm³/mol. The third-order valence-electron chi connectivity index (χ3n) is 5.27. The molecule has 2 rings (SSSR count). The van der Waals surface area contributed by atoms with Gasteiger partial charge in [0.1, 0.15) is 0 Å². The maximum absolute atomic E-state index is 4.58. The molecule has 1 heterocycles. The van der Waals surface area contributed by atoms with Crippen LogP contribution in [0.2, 0.25) is 0 Å². The van der Waals surface area contributed by atoms with E-state index >= 15 is 0 Å². The van der Waals surface area contributed by atoms with Gasteiger partial charge >= 0.3 is 0 Å². The van der Waals surface area contributed by atoms with Gasteiger partial charge < -0.3 is 0 Å². The summed E-state index contributed by atoms with van der Waals surface area (Å²) < 4.78 is 0. The topological polar surface area (TPSA) is 24.7 Å². The van der Waals surface area contributed by atoms with Gasteiger partial charge in [0.15, 0.2) is 12.4 Å². The number of aliphatic imine (C=N–C) groups is 2. The molecule has 0 saturated carbocycles. The van der Waals surface area contributed by atoms with Gasteiger partial charge in [-0.1, -0.05) is 99.1 Å². The molecule has 2 atom stereocenters. The maximum Gasteiger partial charge on any atom is 0.244 e. The summed E-state index contributed by atoms with van der Waals surface area (Å²) >= 11 is 0. The molecule has 0 aliphatic carbocycles. The van der Waals surface area contributed by atoms with Crippen LogP contribution in [0.5, 0.6) is 0 Å². The fourth-order valence-electron chi connectivity index (χ4n) is 3.82. The van der Waals surface area contributed by atoms with Crippen LogP contribution in [0.3, 0.4) is 0 Å². The lowest BCUT2D eigenvalue weighted by Crippen LogP contribution is -2.22. The summed E-state index contributed by atoms with van der Waals surface area (Å²) in [7, 11) is 0. The molecule has 0 N–H and O–H groups in total. The second-order valence-corrected chi connectivity index (χ2v) is 7.32. The van der Waals surface area contributed by atoms with Crippen molar-refractivity contribution in [1.29, 1.82) is 0 Å². The van der Waals surface area contributed by atoms with E-state index in [1.807, 2.05) is 12.4 Å². The fraction of sp³-hybridized carbons (Fsp3) is 0.609. The van der Waals surface area contributed by atoms with E-state index in [1.54, 1.807) is 0 Å².